The van der Waals surface area contributed by atoms with Crippen molar-refractivity contribution in [3.8, 4) is 5.75 Å². The van der Waals surface area contributed by atoms with Gasteiger partial charge in [-0.3, -0.25) is 4.79 Å². The van der Waals surface area contributed by atoms with E-state index in [2.05, 4.69) is 24.5 Å². The van der Waals surface area contributed by atoms with Crippen LogP contribution in [0.5, 0.6) is 5.75 Å². The van der Waals surface area contributed by atoms with E-state index < -0.39 is 0 Å². The van der Waals surface area contributed by atoms with Crippen molar-refractivity contribution < 1.29 is 9.90 Å². The van der Waals surface area contributed by atoms with Crippen LogP contribution < -0.4 is 10.6 Å². The number of phenols is 1. The number of hydrogen-bond donors (Lipinski definition) is 3. The number of phenolic OH excluding ortho intramolecular Hbond substituents is 1. The Labute approximate surface area is 157 Å². The predicted molar refractivity (Wildman–Crippen MR) is 105 cm³/mol. The Morgan fingerprint density at radius 1 is 1.15 bits per heavy atom. The lowest BCUT2D eigenvalue weighted by Gasteiger charge is -2.34. The Hall–Kier alpha value is -2.46. The number of ketones is 1. The molecule has 4 rings (SSSR count). The third kappa shape index (κ3) is 2.95. The van der Waals surface area contributed by atoms with E-state index in [0.717, 1.165) is 28.9 Å². The van der Waals surface area contributed by atoms with Crippen LogP contribution in [-0.4, -0.2) is 10.9 Å². The minimum atomic E-state index is -0.317. The van der Waals surface area contributed by atoms with Gasteiger partial charge in [-0.25, -0.2) is 0 Å². The highest BCUT2D eigenvalue weighted by molar-refractivity contribution is 6.30. The van der Waals surface area contributed by atoms with Gasteiger partial charge in [0.1, 0.15) is 11.4 Å². The minimum absolute atomic E-state index is 0.119. The van der Waals surface area contributed by atoms with Crippen LogP contribution in [0.15, 0.2) is 53.7 Å². The van der Waals surface area contributed by atoms with E-state index in [1.165, 1.54) is 0 Å². The summed E-state index contributed by atoms with van der Waals surface area (Å²) >= 11 is 6.20. The number of halogens is 1. The smallest absolute Gasteiger partial charge is 0.163 e. The summed E-state index contributed by atoms with van der Waals surface area (Å²) < 4.78 is 0. The molecule has 2 aromatic rings. The lowest BCUT2D eigenvalue weighted by molar-refractivity contribution is -0.118. The maximum Gasteiger partial charge on any atom is 0.163 e. The summed E-state index contributed by atoms with van der Waals surface area (Å²) in [5.74, 6) is 0.276. The highest BCUT2D eigenvalue weighted by Crippen LogP contribution is 2.47. The number of nitrogens with one attached hydrogen (secondary N) is 2. The lowest BCUT2D eigenvalue weighted by Crippen LogP contribution is -2.31. The number of Topliss-reactive ketones (excluding diaryl/α,β-unsaturated/α-hetero) is 1. The number of benzene rings is 2. The maximum absolute atomic E-state index is 13.1. The van der Waals surface area contributed by atoms with Gasteiger partial charge in [0, 0.05) is 22.7 Å². The molecule has 26 heavy (non-hydrogen) atoms. The third-order valence-electron chi connectivity index (χ3n) is 5.01. The van der Waals surface area contributed by atoms with Crippen LogP contribution >= 0.6 is 11.6 Å². The number of carbonyl (C=O) groups is 1. The van der Waals surface area contributed by atoms with Crippen molar-refractivity contribution in [2.75, 3.05) is 10.6 Å². The SMILES string of the molecule is CC1(C)CC(=O)C2=C(C1)Nc1c(O)cccc1NC2c1cccc(Cl)c1. The summed E-state index contributed by atoms with van der Waals surface area (Å²) in [6.07, 6.45) is 1.23. The zero-order valence-corrected chi connectivity index (χ0v) is 15.5. The number of aromatic hydroxyl groups is 1. The fourth-order valence-corrected chi connectivity index (χ4v) is 4.09. The first-order valence-electron chi connectivity index (χ1n) is 8.71. The van der Waals surface area contributed by atoms with Crippen LogP contribution in [0.25, 0.3) is 0 Å². The Balaban J connectivity index is 1.92. The molecule has 1 atom stereocenters. The number of fused-ring (bicyclic) bond motifs is 1. The van der Waals surface area contributed by atoms with E-state index in [4.69, 9.17) is 11.6 Å². The summed E-state index contributed by atoms with van der Waals surface area (Å²) in [4.78, 5) is 13.1. The van der Waals surface area contributed by atoms with Gasteiger partial charge >= 0.3 is 0 Å². The van der Waals surface area contributed by atoms with Crippen molar-refractivity contribution in [2.45, 2.75) is 32.7 Å². The van der Waals surface area contributed by atoms with Gasteiger partial charge in [-0.15, -0.1) is 0 Å². The highest BCUT2D eigenvalue weighted by Gasteiger charge is 2.39. The van der Waals surface area contributed by atoms with Crippen molar-refractivity contribution in [1.29, 1.82) is 0 Å². The summed E-state index contributed by atoms with van der Waals surface area (Å²) in [5.41, 5.74) is 3.75. The Bertz CT molecular complexity index is 933. The van der Waals surface area contributed by atoms with Gasteiger partial charge in [0.25, 0.3) is 0 Å². The van der Waals surface area contributed by atoms with Crippen molar-refractivity contribution in [3.63, 3.8) is 0 Å². The average Bonchev–Trinajstić information content (AvgIpc) is 2.71. The molecular weight excluding hydrogens is 348 g/mol. The van der Waals surface area contributed by atoms with Crippen LogP contribution in [0.3, 0.4) is 0 Å². The van der Waals surface area contributed by atoms with Crippen molar-refractivity contribution in [2.24, 2.45) is 5.41 Å². The van der Waals surface area contributed by atoms with E-state index in [0.29, 0.717) is 17.1 Å². The summed E-state index contributed by atoms with van der Waals surface area (Å²) in [6.45, 7) is 4.18. The van der Waals surface area contributed by atoms with Crippen LogP contribution in [0.4, 0.5) is 11.4 Å². The molecule has 0 spiro atoms. The highest BCUT2D eigenvalue weighted by atomic mass is 35.5. The van der Waals surface area contributed by atoms with Gasteiger partial charge in [-0.05, 0) is 41.7 Å². The summed E-state index contributed by atoms with van der Waals surface area (Å²) in [6, 6.07) is 12.6. The Morgan fingerprint density at radius 3 is 2.69 bits per heavy atom. The second kappa shape index (κ2) is 6.06. The van der Waals surface area contributed by atoms with E-state index in [1.54, 1.807) is 12.1 Å². The van der Waals surface area contributed by atoms with Gasteiger partial charge in [0.15, 0.2) is 5.78 Å². The maximum atomic E-state index is 13.1. The van der Waals surface area contributed by atoms with E-state index >= 15 is 0 Å². The number of anilines is 2. The van der Waals surface area contributed by atoms with Gasteiger partial charge in [0.05, 0.1) is 11.7 Å². The molecule has 2 aliphatic rings. The topological polar surface area (TPSA) is 61.4 Å². The third-order valence-corrected chi connectivity index (χ3v) is 5.24. The number of para-hydroxylation sites is 1. The molecule has 1 aliphatic carbocycles. The molecule has 2 aromatic carbocycles. The molecule has 0 aromatic heterocycles. The lowest BCUT2D eigenvalue weighted by atomic mass is 9.73. The monoisotopic (exact) mass is 368 g/mol. The molecule has 3 N–H and O–H groups in total. The van der Waals surface area contributed by atoms with Crippen LogP contribution in [0.2, 0.25) is 5.02 Å². The van der Waals surface area contributed by atoms with Gasteiger partial charge in [0.2, 0.25) is 0 Å². The molecule has 4 nitrogen and oxygen atoms in total. The first-order valence-corrected chi connectivity index (χ1v) is 9.09. The molecule has 0 bridgehead atoms. The summed E-state index contributed by atoms with van der Waals surface area (Å²) in [7, 11) is 0. The van der Waals surface area contributed by atoms with E-state index in [9.17, 15) is 9.90 Å². The predicted octanol–water partition coefficient (Wildman–Crippen LogP) is 5.27. The molecule has 0 saturated heterocycles. The minimum Gasteiger partial charge on any atom is -0.506 e. The second-order valence-electron chi connectivity index (χ2n) is 7.79. The molecular formula is C21H21ClN2O2. The van der Waals surface area contributed by atoms with Crippen LogP contribution in [0, 0.1) is 5.41 Å². The number of carbonyl (C=O) groups excluding carboxylic acids is 1. The van der Waals surface area contributed by atoms with Crippen molar-refractivity contribution in [3.05, 3.63) is 64.3 Å². The first kappa shape index (κ1) is 17.0. The normalized spacial score (nSPS) is 21.2. The van der Waals surface area contributed by atoms with Crippen LogP contribution in [-0.2, 0) is 4.79 Å². The Kier molecular flexibility index (Phi) is 3.96. The summed E-state index contributed by atoms with van der Waals surface area (Å²) in [5, 5.41) is 17.7. The molecule has 1 heterocycles. The van der Waals surface area contributed by atoms with Crippen LogP contribution in [0.1, 0.15) is 38.3 Å². The number of allylic oxidation sites excluding steroid dienone is 1. The standard InChI is InChI=1S/C21H21ClN2O2/c1-21(2)10-15-18(17(26)11-21)19(12-5-3-6-13(22)9-12)23-14-7-4-8-16(25)20(14)24-15/h3-9,19,23-25H,10-11H2,1-2H3. The molecule has 5 heteroatoms. The fraction of sp³-hybridized carbons (Fsp3) is 0.286. The average molecular weight is 369 g/mol. The van der Waals surface area contributed by atoms with Gasteiger partial charge in [-0.1, -0.05) is 43.6 Å². The van der Waals surface area contributed by atoms with E-state index in [-0.39, 0.29) is 23.0 Å². The molecule has 0 amide bonds. The number of hydrogen-bond acceptors (Lipinski definition) is 4. The molecule has 1 aliphatic heterocycles. The van der Waals surface area contributed by atoms with Crippen molar-refractivity contribution in [1.82, 2.24) is 0 Å². The van der Waals surface area contributed by atoms with Crippen molar-refractivity contribution >= 4 is 28.8 Å². The molecule has 134 valence electrons. The molecule has 0 radical (unpaired) electrons. The first-order chi connectivity index (χ1) is 12.3. The quantitative estimate of drug-likeness (QED) is 0.600. The Morgan fingerprint density at radius 2 is 1.92 bits per heavy atom. The fourth-order valence-electron chi connectivity index (χ4n) is 3.89. The largest absolute Gasteiger partial charge is 0.506 e. The number of rotatable bonds is 1. The zero-order valence-electron chi connectivity index (χ0n) is 14.8. The molecule has 0 saturated carbocycles. The molecule has 1 unspecified atom stereocenters. The second-order valence-corrected chi connectivity index (χ2v) is 8.23. The zero-order chi connectivity index (χ0) is 18.5. The van der Waals surface area contributed by atoms with Gasteiger partial charge in [-0.2, -0.15) is 0 Å². The van der Waals surface area contributed by atoms with Gasteiger partial charge < -0.3 is 15.7 Å². The molecule has 0 fully saturated rings. The van der Waals surface area contributed by atoms with E-state index in [1.807, 2.05) is 30.3 Å².